The fraction of sp³-hybridized carbons (Fsp3) is 0.600. The maximum atomic E-state index is 12.2. The van der Waals surface area contributed by atoms with Crippen molar-refractivity contribution in [1.29, 1.82) is 0 Å². The molecule has 2 N–H and O–H groups in total. The molecule has 2 aliphatic heterocycles. The first-order valence-corrected chi connectivity index (χ1v) is 12.0. The van der Waals surface area contributed by atoms with Gasteiger partial charge >= 0.3 is 0 Å². The van der Waals surface area contributed by atoms with Gasteiger partial charge in [-0.15, -0.1) is 24.0 Å². The molecular formula is C20H32IN5O4S. The van der Waals surface area contributed by atoms with Crippen LogP contribution in [0.25, 0.3) is 0 Å². The first-order chi connectivity index (χ1) is 14.4. The van der Waals surface area contributed by atoms with Crippen LogP contribution in [0, 0.1) is 0 Å². The van der Waals surface area contributed by atoms with Gasteiger partial charge in [-0.1, -0.05) is 12.1 Å². The quantitative estimate of drug-likeness (QED) is 0.224. The number of hydrogen-bond donors (Lipinski definition) is 2. The molecule has 0 radical (unpaired) electrons. The molecule has 0 aromatic heterocycles. The number of halogens is 1. The van der Waals surface area contributed by atoms with Gasteiger partial charge in [0.1, 0.15) is 5.75 Å². The number of amides is 1. The minimum absolute atomic E-state index is 0. The number of nitrogens with zero attached hydrogens (tertiary/aromatic N) is 3. The normalized spacial score (nSPS) is 18.1. The topological polar surface area (TPSA) is 103 Å². The summed E-state index contributed by atoms with van der Waals surface area (Å²) in [6.07, 6.45) is 2.26. The Morgan fingerprint density at radius 3 is 2.65 bits per heavy atom. The standard InChI is InChI=1S/C20H31N5O4S.HI/c1-3-30(27,28)24-13-9-16(10-14-24)23-20(21-2)22-11-6-12-25-17-7-4-5-8-18(17)29-15-19(25)26;/h4-5,7-8,16H,3,6,9-15H2,1-2H3,(H2,21,22,23);1H. The predicted molar refractivity (Wildman–Crippen MR) is 133 cm³/mol. The van der Waals surface area contributed by atoms with E-state index in [1.807, 2.05) is 24.3 Å². The summed E-state index contributed by atoms with van der Waals surface area (Å²) in [5.41, 5.74) is 0.810. The van der Waals surface area contributed by atoms with Gasteiger partial charge in [-0.2, -0.15) is 0 Å². The predicted octanol–water partition coefficient (Wildman–Crippen LogP) is 1.40. The minimum Gasteiger partial charge on any atom is -0.482 e. The third kappa shape index (κ3) is 6.69. The van der Waals surface area contributed by atoms with E-state index >= 15 is 0 Å². The van der Waals surface area contributed by atoms with Crippen LogP contribution in [0.2, 0.25) is 0 Å². The average molecular weight is 565 g/mol. The van der Waals surface area contributed by atoms with Gasteiger partial charge in [-0.3, -0.25) is 9.79 Å². The fourth-order valence-corrected chi connectivity index (χ4v) is 4.82. The number of guanidine groups is 1. The van der Waals surface area contributed by atoms with E-state index in [-0.39, 0.29) is 48.3 Å². The van der Waals surface area contributed by atoms with Crippen molar-refractivity contribution in [1.82, 2.24) is 14.9 Å². The van der Waals surface area contributed by atoms with E-state index in [9.17, 15) is 13.2 Å². The lowest BCUT2D eigenvalue weighted by Crippen LogP contribution is -2.50. The second-order valence-corrected chi connectivity index (χ2v) is 9.63. The summed E-state index contributed by atoms with van der Waals surface area (Å²) in [6, 6.07) is 7.75. The van der Waals surface area contributed by atoms with E-state index in [4.69, 9.17) is 4.74 Å². The smallest absolute Gasteiger partial charge is 0.265 e. The summed E-state index contributed by atoms with van der Waals surface area (Å²) in [5, 5.41) is 6.66. The van der Waals surface area contributed by atoms with Gasteiger partial charge in [-0.25, -0.2) is 12.7 Å². The zero-order valence-corrected chi connectivity index (χ0v) is 21.2. The molecule has 0 unspecified atom stereocenters. The Morgan fingerprint density at radius 2 is 1.97 bits per heavy atom. The van der Waals surface area contributed by atoms with Gasteiger partial charge in [0, 0.05) is 39.3 Å². The Balaban J connectivity index is 0.00000341. The number of carbonyl (C=O) groups excluding carboxylic acids is 1. The monoisotopic (exact) mass is 565 g/mol. The lowest BCUT2D eigenvalue weighted by Gasteiger charge is -2.32. The number of hydrogen-bond acceptors (Lipinski definition) is 5. The maximum Gasteiger partial charge on any atom is 0.265 e. The molecule has 0 spiro atoms. The lowest BCUT2D eigenvalue weighted by atomic mass is 10.1. The summed E-state index contributed by atoms with van der Waals surface area (Å²) < 4.78 is 31.0. The Morgan fingerprint density at radius 1 is 1.26 bits per heavy atom. The van der Waals surface area contributed by atoms with Crippen LogP contribution in [-0.2, 0) is 14.8 Å². The first-order valence-electron chi connectivity index (χ1n) is 10.4. The van der Waals surface area contributed by atoms with Gasteiger partial charge in [0.15, 0.2) is 12.6 Å². The molecule has 2 heterocycles. The van der Waals surface area contributed by atoms with Crippen molar-refractivity contribution in [3.8, 4) is 5.75 Å². The van der Waals surface area contributed by atoms with Crippen LogP contribution >= 0.6 is 24.0 Å². The van der Waals surface area contributed by atoms with Crippen LogP contribution in [0.15, 0.2) is 29.3 Å². The van der Waals surface area contributed by atoms with Gasteiger partial charge < -0.3 is 20.3 Å². The molecule has 1 saturated heterocycles. The van der Waals surface area contributed by atoms with Crippen LogP contribution in [-0.4, -0.2) is 76.2 Å². The number of ether oxygens (including phenoxy) is 1. The number of fused-ring (bicyclic) bond motifs is 1. The van der Waals surface area contributed by atoms with Gasteiger partial charge in [0.25, 0.3) is 5.91 Å². The zero-order chi connectivity index (χ0) is 21.6. The van der Waals surface area contributed by atoms with Gasteiger partial charge in [0.2, 0.25) is 10.0 Å². The average Bonchev–Trinajstić information content (AvgIpc) is 2.77. The van der Waals surface area contributed by atoms with E-state index in [0.717, 1.165) is 30.7 Å². The molecular weight excluding hydrogens is 533 g/mol. The summed E-state index contributed by atoms with van der Waals surface area (Å²) in [6.45, 7) is 4.06. The van der Waals surface area contributed by atoms with Crippen molar-refractivity contribution in [3.63, 3.8) is 0 Å². The van der Waals surface area contributed by atoms with Crippen LogP contribution in [0.3, 0.4) is 0 Å². The highest BCUT2D eigenvalue weighted by atomic mass is 127. The van der Waals surface area contributed by atoms with E-state index < -0.39 is 10.0 Å². The Labute approximate surface area is 201 Å². The van der Waals surface area contributed by atoms with E-state index in [2.05, 4.69) is 15.6 Å². The first kappa shape index (κ1) is 25.7. The Bertz CT molecular complexity index is 872. The van der Waals surface area contributed by atoms with E-state index in [1.54, 1.807) is 23.2 Å². The van der Waals surface area contributed by atoms with E-state index in [1.165, 1.54) is 0 Å². The van der Waals surface area contributed by atoms with Crippen molar-refractivity contribution in [3.05, 3.63) is 24.3 Å². The molecule has 2 aliphatic rings. The number of para-hydroxylation sites is 2. The van der Waals surface area contributed by atoms with Gasteiger partial charge in [0.05, 0.1) is 11.4 Å². The zero-order valence-electron chi connectivity index (χ0n) is 18.0. The molecule has 1 aromatic rings. The van der Waals surface area contributed by atoms with Crippen LogP contribution in [0.4, 0.5) is 5.69 Å². The van der Waals surface area contributed by atoms with Crippen molar-refractivity contribution >= 4 is 51.6 Å². The molecule has 174 valence electrons. The van der Waals surface area contributed by atoms with E-state index in [0.29, 0.717) is 32.1 Å². The number of sulfonamides is 1. The number of aliphatic imine (C=N–C) groups is 1. The molecule has 0 bridgehead atoms. The fourth-order valence-electron chi connectivity index (χ4n) is 3.69. The molecule has 1 fully saturated rings. The van der Waals surface area contributed by atoms with Crippen molar-refractivity contribution in [2.45, 2.75) is 32.2 Å². The molecule has 31 heavy (non-hydrogen) atoms. The minimum atomic E-state index is -3.11. The summed E-state index contributed by atoms with van der Waals surface area (Å²) >= 11 is 0. The number of benzene rings is 1. The Hall–Kier alpha value is -1.60. The summed E-state index contributed by atoms with van der Waals surface area (Å²) in [7, 11) is -1.40. The third-order valence-electron chi connectivity index (χ3n) is 5.44. The summed E-state index contributed by atoms with van der Waals surface area (Å²) in [5.74, 6) is 1.54. The SMILES string of the molecule is CCS(=O)(=O)N1CCC(NC(=NC)NCCCN2C(=O)COc3ccccc32)CC1.I. The molecule has 0 saturated carbocycles. The number of rotatable bonds is 7. The highest BCUT2D eigenvalue weighted by molar-refractivity contribution is 14.0. The van der Waals surface area contributed by atoms with Crippen molar-refractivity contribution in [2.75, 3.05) is 50.5 Å². The molecule has 11 heteroatoms. The summed E-state index contributed by atoms with van der Waals surface area (Å²) in [4.78, 5) is 18.2. The molecule has 0 atom stereocenters. The molecule has 1 amide bonds. The molecule has 9 nitrogen and oxygen atoms in total. The maximum absolute atomic E-state index is 12.2. The second kappa shape index (κ2) is 11.9. The number of carbonyl (C=O) groups is 1. The molecule has 1 aromatic carbocycles. The number of anilines is 1. The van der Waals surface area contributed by atoms with Crippen LogP contribution in [0.1, 0.15) is 26.2 Å². The van der Waals surface area contributed by atoms with Gasteiger partial charge in [-0.05, 0) is 38.3 Å². The number of piperidine rings is 1. The second-order valence-electron chi connectivity index (χ2n) is 7.37. The largest absolute Gasteiger partial charge is 0.482 e. The Kier molecular flexibility index (Phi) is 9.82. The lowest BCUT2D eigenvalue weighted by molar-refractivity contribution is -0.121. The van der Waals surface area contributed by atoms with Crippen molar-refractivity contribution < 1.29 is 17.9 Å². The third-order valence-corrected chi connectivity index (χ3v) is 7.32. The van der Waals surface area contributed by atoms with Crippen molar-refractivity contribution in [2.24, 2.45) is 4.99 Å². The number of nitrogens with one attached hydrogen (secondary N) is 2. The highest BCUT2D eigenvalue weighted by Crippen LogP contribution is 2.31. The molecule has 0 aliphatic carbocycles. The van der Waals surface area contributed by atoms with Crippen LogP contribution in [0.5, 0.6) is 5.75 Å². The van der Waals surface area contributed by atoms with Crippen LogP contribution < -0.4 is 20.3 Å². The highest BCUT2D eigenvalue weighted by Gasteiger charge is 2.27. The molecule has 3 rings (SSSR count).